The summed E-state index contributed by atoms with van der Waals surface area (Å²) >= 11 is 0. The predicted octanol–water partition coefficient (Wildman–Crippen LogP) is 2.54. The summed E-state index contributed by atoms with van der Waals surface area (Å²) in [5, 5.41) is 4.07. The summed E-state index contributed by atoms with van der Waals surface area (Å²) in [6.45, 7) is 9.40. The minimum Gasteiger partial charge on any atom is -0.361 e. The average molecular weight is 455 g/mol. The molecule has 2 heterocycles. The van der Waals surface area contributed by atoms with E-state index in [9.17, 15) is 21.6 Å². The van der Waals surface area contributed by atoms with Gasteiger partial charge in [-0.05, 0) is 55.4 Å². The molecule has 10 heteroatoms. The highest BCUT2D eigenvalue weighted by molar-refractivity contribution is 7.91. The first-order valence-corrected chi connectivity index (χ1v) is 13.0. The van der Waals surface area contributed by atoms with Gasteiger partial charge in [0.25, 0.3) is 0 Å². The van der Waals surface area contributed by atoms with Crippen molar-refractivity contribution in [2.45, 2.75) is 57.9 Å². The van der Waals surface area contributed by atoms with Crippen molar-refractivity contribution in [1.29, 1.82) is 0 Å². The lowest BCUT2D eigenvalue weighted by molar-refractivity contribution is 0.103. The Hall–Kier alpha value is -2.20. The van der Waals surface area contributed by atoms with Crippen LogP contribution in [-0.2, 0) is 31.9 Å². The van der Waals surface area contributed by atoms with Crippen LogP contribution in [0.2, 0.25) is 0 Å². The zero-order valence-corrected chi connectivity index (χ0v) is 19.6. The molecule has 0 N–H and O–H groups in total. The quantitative estimate of drug-likeness (QED) is 0.504. The van der Waals surface area contributed by atoms with Gasteiger partial charge in [-0.25, -0.2) is 13.1 Å². The van der Waals surface area contributed by atoms with E-state index in [1.807, 2.05) is 13.8 Å². The Bertz CT molecular complexity index is 1250. The fourth-order valence-electron chi connectivity index (χ4n) is 4.09. The maximum absolute atomic E-state index is 13.4. The lowest BCUT2D eigenvalue weighted by Crippen LogP contribution is -2.33. The molecule has 1 aliphatic rings. The Morgan fingerprint density at radius 2 is 1.90 bits per heavy atom. The number of benzene rings is 1. The van der Waals surface area contributed by atoms with Gasteiger partial charge in [-0.2, -0.15) is 13.5 Å². The van der Waals surface area contributed by atoms with E-state index in [0.717, 1.165) is 6.26 Å². The van der Waals surface area contributed by atoms with Crippen LogP contribution in [0.3, 0.4) is 0 Å². The van der Waals surface area contributed by atoms with Crippen LogP contribution in [0, 0.1) is 13.8 Å². The molecule has 0 radical (unpaired) electrons. The maximum atomic E-state index is 13.4. The SMILES string of the molecule is CCn1ncc(C(=O)c2cc(C)c3c(c2C)C(C)(C)CCS3(=O)=O)c1OS(C)(=O)=O. The standard InChI is InChI=1S/C20H26N2O6S2/c1-7-22-19(28-29(6,24)25)15(11-21-22)17(23)14-10-12(2)18-16(13(14)3)20(4,5)8-9-30(18,26)27/h10-11H,7-9H2,1-6H3. The molecule has 0 amide bonds. The number of ketones is 1. The van der Waals surface area contributed by atoms with Crippen LogP contribution in [-0.4, -0.2) is 44.4 Å². The monoisotopic (exact) mass is 454 g/mol. The summed E-state index contributed by atoms with van der Waals surface area (Å²) in [7, 11) is -7.31. The lowest BCUT2D eigenvalue weighted by Gasteiger charge is -2.35. The first-order chi connectivity index (χ1) is 13.7. The lowest BCUT2D eigenvalue weighted by atomic mass is 9.77. The van der Waals surface area contributed by atoms with Gasteiger partial charge in [0.2, 0.25) is 5.88 Å². The van der Waals surface area contributed by atoms with Gasteiger partial charge in [-0.3, -0.25) is 4.79 Å². The third-order valence-electron chi connectivity index (χ3n) is 5.52. The molecular formula is C20H26N2O6S2. The number of hydrogen-bond donors (Lipinski definition) is 0. The second kappa shape index (κ2) is 7.19. The Labute approximate surface area is 177 Å². The first-order valence-electron chi connectivity index (χ1n) is 9.57. The Morgan fingerprint density at radius 1 is 1.27 bits per heavy atom. The summed E-state index contributed by atoms with van der Waals surface area (Å²) in [4.78, 5) is 13.7. The van der Waals surface area contributed by atoms with E-state index >= 15 is 0 Å². The van der Waals surface area contributed by atoms with Crippen molar-refractivity contribution in [3.63, 3.8) is 0 Å². The van der Waals surface area contributed by atoms with Crippen molar-refractivity contribution in [2.24, 2.45) is 0 Å². The van der Waals surface area contributed by atoms with Crippen LogP contribution in [0.25, 0.3) is 0 Å². The smallest absolute Gasteiger partial charge is 0.307 e. The normalized spacial score (nSPS) is 17.4. The molecule has 2 aromatic rings. The minimum absolute atomic E-state index is 0.0150. The second-order valence-corrected chi connectivity index (χ2v) is 11.9. The van der Waals surface area contributed by atoms with Crippen LogP contribution in [0.1, 0.15) is 59.8 Å². The number of aromatic nitrogens is 2. The van der Waals surface area contributed by atoms with Gasteiger partial charge >= 0.3 is 10.1 Å². The molecule has 0 unspecified atom stereocenters. The molecule has 0 aliphatic carbocycles. The van der Waals surface area contributed by atoms with Gasteiger partial charge in [0.05, 0.1) is 23.1 Å². The van der Waals surface area contributed by atoms with Crippen LogP contribution in [0.4, 0.5) is 0 Å². The molecule has 0 atom stereocenters. The fourth-order valence-corrected chi connectivity index (χ4v) is 6.83. The molecule has 1 aliphatic heterocycles. The molecule has 3 rings (SSSR count). The molecule has 0 saturated heterocycles. The van der Waals surface area contributed by atoms with Crippen LogP contribution in [0.15, 0.2) is 17.2 Å². The van der Waals surface area contributed by atoms with Gasteiger partial charge < -0.3 is 4.18 Å². The molecule has 1 aromatic heterocycles. The van der Waals surface area contributed by atoms with Crippen molar-refractivity contribution >= 4 is 25.7 Å². The zero-order valence-electron chi connectivity index (χ0n) is 17.9. The summed E-state index contributed by atoms with van der Waals surface area (Å²) in [5.74, 6) is -0.543. The molecule has 1 aromatic carbocycles. The van der Waals surface area contributed by atoms with Gasteiger partial charge in [-0.15, -0.1) is 0 Å². The Balaban J connectivity index is 2.26. The predicted molar refractivity (Wildman–Crippen MR) is 112 cm³/mol. The summed E-state index contributed by atoms with van der Waals surface area (Å²) < 4.78 is 55.3. The highest BCUT2D eigenvalue weighted by Gasteiger charge is 2.39. The van der Waals surface area contributed by atoms with E-state index in [1.165, 1.54) is 10.9 Å². The molecule has 8 nitrogen and oxygen atoms in total. The van der Waals surface area contributed by atoms with Crippen molar-refractivity contribution in [3.8, 4) is 5.88 Å². The summed E-state index contributed by atoms with van der Waals surface area (Å²) in [5.41, 5.74) is 1.62. The second-order valence-electron chi connectivity index (χ2n) is 8.32. The van der Waals surface area contributed by atoms with Crippen molar-refractivity contribution in [1.82, 2.24) is 9.78 Å². The summed E-state index contributed by atoms with van der Waals surface area (Å²) in [6.07, 6.45) is 2.63. The summed E-state index contributed by atoms with van der Waals surface area (Å²) in [6, 6.07) is 1.56. The molecule has 164 valence electrons. The van der Waals surface area contributed by atoms with Gasteiger partial charge in [0.15, 0.2) is 15.6 Å². The molecule has 0 spiro atoms. The number of rotatable bonds is 5. The van der Waals surface area contributed by atoms with Crippen molar-refractivity contribution in [3.05, 3.63) is 40.1 Å². The zero-order chi connectivity index (χ0) is 22.6. The number of carbonyl (C=O) groups excluding carboxylic acids is 1. The van der Waals surface area contributed by atoms with Gasteiger partial charge in [0.1, 0.15) is 5.56 Å². The van der Waals surface area contributed by atoms with E-state index in [0.29, 0.717) is 40.1 Å². The van der Waals surface area contributed by atoms with Gasteiger partial charge in [0, 0.05) is 12.1 Å². The largest absolute Gasteiger partial charge is 0.361 e. The highest BCUT2D eigenvalue weighted by atomic mass is 32.2. The van der Waals surface area contributed by atoms with Crippen molar-refractivity contribution < 1.29 is 25.8 Å². The number of nitrogens with zero attached hydrogens (tertiary/aromatic N) is 2. The fraction of sp³-hybridized carbons (Fsp3) is 0.500. The van der Waals surface area contributed by atoms with E-state index in [2.05, 4.69) is 5.10 Å². The molecule has 0 bridgehead atoms. The third kappa shape index (κ3) is 3.78. The Kier molecular flexibility index (Phi) is 5.39. The number of aryl methyl sites for hydroxylation is 2. The van der Waals surface area contributed by atoms with Crippen LogP contribution >= 0.6 is 0 Å². The maximum Gasteiger partial charge on any atom is 0.307 e. The van der Waals surface area contributed by atoms with E-state index < -0.39 is 31.2 Å². The van der Waals surface area contributed by atoms with Crippen LogP contribution < -0.4 is 4.18 Å². The number of fused-ring (bicyclic) bond motifs is 1. The number of carbonyl (C=O) groups is 1. The average Bonchev–Trinajstić information content (AvgIpc) is 3.00. The minimum atomic E-state index is -3.88. The molecule has 30 heavy (non-hydrogen) atoms. The highest BCUT2D eigenvalue weighted by Crippen LogP contribution is 2.43. The molecule has 0 fully saturated rings. The number of hydrogen-bond acceptors (Lipinski definition) is 7. The first kappa shape index (κ1) is 22.5. The Morgan fingerprint density at radius 3 is 2.47 bits per heavy atom. The van der Waals surface area contributed by atoms with E-state index in [-0.39, 0.29) is 17.2 Å². The van der Waals surface area contributed by atoms with E-state index in [1.54, 1.807) is 26.8 Å². The van der Waals surface area contributed by atoms with E-state index in [4.69, 9.17) is 4.18 Å². The van der Waals surface area contributed by atoms with Crippen molar-refractivity contribution in [2.75, 3.05) is 12.0 Å². The topological polar surface area (TPSA) is 112 Å². The molecular weight excluding hydrogens is 428 g/mol. The van der Waals surface area contributed by atoms with Crippen LogP contribution in [0.5, 0.6) is 5.88 Å². The molecule has 0 saturated carbocycles. The number of sulfone groups is 1. The third-order valence-corrected chi connectivity index (χ3v) is 7.87. The van der Waals surface area contributed by atoms with Gasteiger partial charge in [-0.1, -0.05) is 13.8 Å².